The molecule has 1 unspecified atom stereocenters. The van der Waals surface area contributed by atoms with Gasteiger partial charge in [0.1, 0.15) is 0 Å². The zero-order chi connectivity index (χ0) is 12.6. The molecule has 0 spiro atoms. The smallest absolute Gasteiger partial charge is 0.243 e. The maximum atomic E-state index is 5.76. The van der Waals surface area contributed by atoms with Gasteiger partial charge in [0.25, 0.3) is 0 Å². The Morgan fingerprint density at radius 1 is 1.29 bits per heavy atom. The van der Waals surface area contributed by atoms with Crippen LogP contribution in [0.1, 0.15) is 31.4 Å². The summed E-state index contributed by atoms with van der Waals surface area (Å²) in [5.41, 5.74) is 8.34. The van der Waals surface area contributed by atoms with E-state index in [9.17, 15) is 0 Å². The third-order valence-corrected chi connectivity index (χ3v) is 2.96. The van der Waals surface area contributed by atoms with E-state index in [1.54, 1.807) is 0 Å². The highest BCUT2D eigenvalue weighted by Gasteiger charge is 2.15. The van der Waals surface area contributed by atoms with Crippen LogP contribution in [-0.4, -0.2) is 25.9 Å². The van der Waals surface area contributed by atoms with Crippen LogP contribution in [0.3, 0.4) is 0 Å². The van der Waals surface area contributed by atoms with Crippen LogP contribution in [0.5, 0.6) is 5.88 Å². The van der Waals surface area contributed by atoms with Crippen LogP contribution in [0.25, 0.3) is 5.65 Å². The fourth-order valence-corrected chi connectivity index (χ4v) is 1.50. The first-order valence-electron chi connectivity index (χ1n) is 5.69. The van der Waals surface area contributed by atoms with Gasteiger partial charge < -0.3 is 10.5 Å². The largest absolute Gasteiger partial charge is 0.473 e. The molecule has 6 nitrogen and oxygen atoms in total. The number of nitrogen functional groups attached to an aromatic ring is 1. The molecule has 2 rings (SSSR count). The first kappa shape index (κ1) is 11.6. The second kappa shape index (κ2) is 4.20. The van der Waals surface area contributed by atoms with Crippen LogP contribution in [0.2, 0.25) is 0 Å². The lowest BCUT2D eigenvalue weighted by Gasteiger charge is -2.15. The number of rotatable bonds is 3. The Balaban J connectivity index is 2.56. The van der Waals surface area contributed by atoms with Crippen molar-refractivity contribution in [1.82, 2.24) is 19.8 Å². The van der Waals surface area contributed by atoms with Crippen molar-refractivity contribution >= 4 is 11.6 Å². The molecule has 0 amide bonds. The molecule has 0 saturated heterocycles. The molecule has 0 aromatic carbocycles. The highest BCUT2D eigenvalue weighted by atomic mass is 16.5. The molecular formula is C11H17N5O. The van der Waals surface area contributed by atoms with E-state index >= 15 is 0 Å². The van der Waals surface area contributed by atoms with Crippen molar-refractivity contribution in [3.63, 3.8) is 0 Å². The van der Waals surface area contributed by atoms with Gasteiger partial charge in [0.15, 0.2) is 5.65 Å². The molecule has 6 heteroatoms. The third kappa shape index (κ3) is 1.90. The lowest BCUT2D eigenvalue weighted by atomic mass is 10.2. The molecule has 0 radical (unpaired) electrons. The second-order valence-electron chi connectivity index (χ2n) is 4.19. The molecule has 92 valence electrons. The standard InChI is InChI=1S/C11H17N5O/c1-5-6(2)17-10-8(4)7(3)9-13-14-11(12)16(9)15-10/h6H,5H2,1-4H3,(H2,12,14). The lowest BCUT2D eigenvalue weighted by Crippen LogP contribution is -2.14. The zero-order valence-corrected chi connectivity index (χ0v) is 10.6. The maximum absolute atomic E-state index is 5.76. The van der Waals surface area contributed by atoms with Gasteiger partial charge in [-0.3, -0.25) is 0 Å². The number of fused-ring (bicyclic) bond motifs is 1. The minimum absolute atomic E-state index is 0.121. The van der Waals surface area contributed by atoms with Crippen molar-refractivity contribution in [2.45, 2.75) is 40.2 Å². The number of ether oxygens (including phenoxy) is 1. The summed E-state index contributed by atoms with van der Waals surface area (Å²) in [6.45, 7) is 8.00. The average Bonchev–Trinajstić information content (AvgIpc) is 2.67. The minimum atomic E-state index is 0.121. The van der Waals surface area contributed by atoms with E-state index in [-0.39, 0.29) is 12.1 Å². The van der Waals surface area contributed by atoms with E-state index in [4.69, 9.17) is 10.5 Å². The highest BCUT2D eigenvalue weighted by molar-refractivity contribution is 5.54. The normalized spacial score (nSPS) is 12.9. The SMILES string of the molecule is CCC(C)Oc1nn2c(N)nnc2c(C)c1C. The predicted molar refractivity (Wildman–Crippen MR) is 65.0 cm³/mol. The van der Waals surface area contributed by atoms with Crippen LogP contribution in [0.15, 0.2) is 0 Å². The average molecular weight is 235 g/mol. The van der Waals surface area contributed by atoms with Crippen LogP contribution >= 0.6 is 0 Å². The summed E-state index contributed by atoms with van der Waals surface area (Å²) in [6.07, 6.45) is 1.05. The highest BCUT2D eigenvalue weighted by Crippen LogP contribution is 2.23. The summed E-state index contributed by atoms with van der Waals surface area (Å²) in [5.74, 6) is 0.868. The second-order valence-corrected chi connectivity index (χ2v) is 4.19. The van der Waals surface area contributed by atoms with E-state index in [0.29, 0.717) is 11.5 Å². The van der Waals surface area contributed by atoms with E-state index in [1.807, 2.05) is 20.8 Å². The summed E-state index contributed by atoms with van der Waals surface area (Å²) in [4.78, 5) is 0. The number of aryl methyl sites for hydroxylation is 1. The molecule has 0 aliphatic rings. The number of nitrogens with zero attached hydrogens (tertiary/aromatic N) is 4. The van der Waals surface area contributed by atoms with Gasteiger partial charge in [-0.25, -0.2) is 0 Å². The van der Waals surface area contributed by atoms with Gasteiger partial charge in [0.2, 0.25) is 11.8 Å². The van der Waals surface area contributed by atoms with Gasteiger partial charge in [-0.05, 0) is 27.2 Å². The third-order valence-electron chi connectivity index (χ3n) is 2.96. The fraction of sp³-hybridized carbons (Fsp3) is 0.545. The monoisotopic (exact) mass is 235 g/mol. The summed E-state index contributed by atoms with van der Waals surface area (Å²) >= 11 is 0. The number of anilines is 1. The predicted octanol–water partition coefficient (Wildman–Crippen LogP) is 1.50. The quantitative estimate of drug-likeness (QED) is 0.872. The van der Waals surface area contributed by atoms with E-state index < -0.39 is 0 Å². The van der Waals surface area contributed by atoms with E-state index in [2.05, 4.69) is 22.2 Å². The zero-order valence-electron chi connectivity index (χ0n) is 10.6. The van der Waals surface area contributed by atoms with Gasteiger partial charge in [-0.1, -0.05) is 6.92 Å². The molecule has 2 aromatic rings. The van der Waals surface area contributed by atoms with Crippen molar-refractivity contribution in [2.24, 2.45) is 0 Å². The summed E-state index contributed by atoms with van der Waals surface area (Å²) in [7, 11) is 0. The Bertz CT molecular complexity index is 548. The summed E-state index contributed by atoms with van der Waals surface area (Å²) < 4.78 is 7.28. The number of nitrogens with two attached hydrogens (primary N) is 1. The van der Waals surface area contributed by atoms with Gasteiger partial charge in [0.05, 0.1) is 6.10 Å². The number of hydrogen-bond acceptors (Lipinski definition) is 5. The Hall–Kier alpha value is -1.85. The molecule has 0 bridgehead atoms. The van der Waals surface area contributed by atoms with Crippen LogP contribution in [-0.2, 0) is 0 Å². The van der Waals surface area contributed by atoms with Gasteiger partial charge in [0, 0.05) is 11.1 Å². The van der Waals surface area contributed by atoms with Gasteiger partial charge in [-0.15, -0.1) is 15.3 Å². The topological polar surface area (TPSA) is 78.3 Å². The van der Waals surface area contributed by atoms with Crippen LogP contribution < -0.4 is 10.5 Å². The Kier molecular flexibility index (Phi) is 2.87. The number of hydrogen-bond donors (Lipinski definition) is 1. The summed E-state index contributed by atoms with van der Waals surface area (Å²) in [5, 5.41) is 12.1. The van der Waals surface area contributed by atoms with E-state index in [1.165, 1.54) is 4.52 Å². The fourth-order valence-electron chi connectivity index (χ4n) is 1.50. The first-order chi connectivity index (χ1) is 8.04. The Morgan fingerprint density at radius 2 is 2.00 bits per heavy atom. The molecule has 0 saturated carbocycles. The van der Waals surface area contributed by atoms with Crippen molar-refractivity contribution in [2.75, 3.05) is 5.73 Å². The van der Waals surface area contributed by atoms with Crippen LogP contribution in [0, 0.1) is 13.8 Å². The minimum Gasteiger partial charge on any atom is -0.473 e. The van der Waals surface area contributed by atoms with Gasteiger partial charge >= 0.3 is 0 Å². The Labute approximate surface area is 99.8 Å². The van der Waals surface area contributed by atoms with Crippen LogP contribution in [0.4, 0.5) is 5.95 Å². The van der Waals surface area contributed by atoms with Crippen molar-refractivity contribution in [1.29, 1.82) is 0 Å². The molecule has 2 N–H and O–H groups in total. The molecule has 0 aliphatic heterocycles. The molecule has 0 aliphatic carbocycles. The Morgan fingerprint density at radius 3 is 2.65 bits per heavy atom. The lowest BCUT2D eigenvalue weighted by molar-refractivity contribution is 0.204. The van der Waals surface area contributed by atoms with Crippen molar-refractivity contribution < 1.29 is 4.74 Å². The first-order valence-corrected chi connectivity index (χ1v) is 5.69. The van der Waals surface area contributed by atoms with Crippen molar-refractivity contribution in [3.8, 4) is 5.88 Å². The molecule has 1 atom stereocenters. The van der Waals surface area contributed by atoms with E-state index in [0.717, 1.165) is 17.5 Å². The molecular weight excluding hydrogens is 218 g/mol. The molecule has 2 heterocycles. The molecule has 2 aromatic heterocycles. The molecule has 17 heavy (non-hydrogen) atoms. The molecule has 0 fully saturated rings. The van der Waals surface area contributed by atoms with Gasteiger partial charge in [-0.2, -0.15) is 4.52 Å². The number of aromatic nitrogens is 4. The summed E-state index contributed by atoms with van der Waals surface area (Å²) in [6, 6.07) is 0. The maximum Gasteiger partial charge on any atom is 0.243 e. The van der Waals surface area contributed by atoms with Crippen molar-refractivity contribution in [3.05, 3.63) is 11.1 Å².